The number of ether oxygens (including phenoxy) is 1. The number of nitrogens with two attached hydrogens (primary N) is 1. The van der Waals surface area contributed by atoms with E-state index >= 15 is 0 Å². The lowest BCUT2D eigenvalue weighted by molar-refractivity contribution is 0.0996. The average molecular weight is 492 g/mol. The zero-order valence-electron chi connectivity index (χ0n) is 19.7. The normalized spacial score (nSPS) is 18.3. The van der Waals surface area contributed by atoms with Gasteiger partial charge in [0.2, 0.25) is 11.5 Å². The summed E-state index contributed by atoms with van der Waals surface area (Å²) in [5, 5.41) is 10.2. The summed E-state index contributed by atoms with van der Waals surface area (Å²) in [6.45, 7) is 5.32. The van der Waals surface area contributed by atoms with Crippen LogP contribution in [0.2, 0.25) is 0 Å². The molecule has 186 valence electrons. The molecule has 0 aromatic carbocycles. The summed E-state index contributed by atoms with van der Waals surface area (Å²) in [5.74, 6) is 0.201. The molecule has 6 rings (SSSR count). The van der Waals surface area contributed by atoms with E-state index in [1.165, 1.54) is 0 Å². The van der Waals surface area contributed by atoms with Gasteiger partial charge in [-0.1, -0.05) is 0 Å². The molecule has 1 unspecified atom stereocenters. The summed E-state index contributed by atoms with van der Waals surface area (Å²) in [5.41, 5.74) is 8.47. The molecule has 1 amide bonds. The van der Waals surface area contributed by atoms with Crippen LogP contribution in [0, 0.1) is 6.92 Å². The standard InChI is InChI=1S/C24H25N7O5/c1-13-10-14(2-4-26-13)23-27-18(20(25)33)19(36-23)16-11-17-21(28-22(16)31-5-3-15(32)12-31)29-24(35-17)30-6-8-34-9-7-30/h2,4,10-11,15,32H,3,5-9,12H2,1H3,(H2,25,33). The number of hydrogen-bond acceptors (Lipinski definition) is 11. The number of aromatic nitrogens is 4. The molecule has 4 aromatic rings. The van der Waals surface area contributed by atoms with Crippen LogP contribution >= 0.6 is 0 Å². The van der Waals surface area contributed by atoms with Crippen LogP contribution in [-0.4, -0.2) is 76.4 Å². The number of pyridine rings is 2. The summed E-state index contributed by atoms with van der Waals surface area (Å²) in [6.07, 6.45) is 1.75. The fourth-order valence-electron chi connectivity index (χ4n) is 4.55. The molecule has 2 aliphatic heterocycles. The lowest BCUT2D eigenvalue weighted by Crippen LogP contribution is -2.36. The highest BCUT2D eigenvalue weighted by molar-refractivity contribution is 5.99. The molecule has 2 aliphatic rings. The number of hydrogen-bond donors (Lipinski definition) is 2. The van der Waals surface area contributed by atoms with E-state index in [4.69, 9.17) is 24.3 Å². The van der Waals surface area contributed by atoms with Crippen molar-refractivity contribution in [1.29, 1.82) is 0 Å². The summed E-state index contributed by atoms with van der Waals surface area (Å²) >= 11 is 0. The lowest BCUT2D eigenvalue weighted by atomic mass is 10.1. The number of aliphatic hydroxyl groups is 1. The number of oxazole rings is 2. The Labute approximate surface area is 205 Å². The van der Waals surface area contributed by atoms with E-state index in [-0.39, 0.29) is 17.3 Å². The second kappa shape index (κ2) is 8.88. The average Bonchev–Trinajstić information content (AvgIpc) is 3.61. The van der Waals surface area contributed by atoms with Gasteiger partial charge in [-0.2, -0.15) is 4.98 Å². The number of aliphatic hydroxyl groups excluding tert-OH is 1. The number of carbonyl (C=O) groups is 1. The minimum Gasteiger partial charge on any atom is -0.435 e. The van der Waals surface area contributed by atoms with Gasteiger partial charge < -0.3 is 34.2 Å². The number of carbonyl (C=O) groups excluding carboxylic acids is 1. The van der Waals surface area contributed by atoms with Gasteiger partial charge in [0.1, 0.15) is 5.82 Å². The molecule has 1 atom stereocenters. The minimum absolute atomic E-state index is 0.0190. The van der Waals surface area contributed by atoms with Crippen molar-refractivity contribution in [3.05, 3.63) is 35.8 Å². The Bertz CT molecular complexity index is 1440. The first-order valence-electron chi connectivity index (χ1n) is 11.8. The van der Waals surface area contributed by atoms with Gasteiger partial charge in [-0.3, -0.25) is 9.78 Å². The molecule has 0 bridgehead atoms. The number of primary amides is 1. The Morgan fingerprint density at radius 1 is 1.11 bits per heavy atom. The van der Waals surface area contributed by atoms with Crippen LogP contribution in [0.5, 0.6) is 0 Å². The first kappa shape index (κ1) is 22.4. The quantitative estimate of drug-likeness (QED) is 0.419. The second-order valence-electron chi connectivity index (χ2n) is 8.91. The Morgan fingerprint density at radius 2 is 1.94 bits per heavy atom. The van der Waals surface area contributed by atoms with Crippen molar-refractivity contribution in [3.8, 4) is 22.8 Å². The van der Waals surface area contributed by atoms with Gasteiger partial charge in [0, 0.05) is 43.6 Å². The third kappa shape index (κ3) is 4.03. The molecule has 4 aromatic heterocycles. The molecular formula is C24H25N7O5. The van der Waals surface area contributed by atoms with Gasteiger partial charge in [0.25, 0.3) is 11.9 Å². The van der Waals surface area contributed by atoms with Crippen molar-refractivity contribution < 1.29 is 23.5 Å². The van der Waals surface area contributed by atoms with Gasteiger partial charge in [0.15, 0.2) is 17.0 Å². The molecule has 3 N–H and O–H groups in total. The SMILES string of the molecule is Cc1cc(-c2nc(C(N)=O)c(-c3cc4oc(N5CCOCC5)nc4nc3N3CCC(O)C3)o2)ccn1. The van der Waals surface area contributed by atoms with Crippen molar-refractivity contribution >= 4 is 29.0 Å². The van der Waals surface area contributed by atoms with Crippen LogP contribution in [0.4, 0.5) is 11.8 Å². The maximum absolute atomic E-state index is 12.4. The van der Waals surface area contributed by atoms with Crippen molar-refractivity contribution in [2.75, 3.05) is 49.2 Å². The minimum atomic E-state index is -0.732. The first-order valence-corrected chi connectivity index (χ1v) is 11.8. The van der Waals surface area contributed by atoms with E-state index < -0.39 is 12.0 Å². The van der Waals surface area contributed by atoms with Crippen molar-refractivity contribution in [3.63, 3.8) is 0 Å². The van der Waals surface area contributed by atoms with Crippen LogP contribution in [-0.2, 0) is 4.74 Å². The summed E-state index contributed by atoms with van der Waals surface area (Å²) in [7, 11) is 0. The smallest absolute Gasteiger partial charge is 0.300 e. The highest BCUT2D eigenvalue weighted by atomic mass is 16.5. The summed E-state index contributed by atoms with van der Waals surface area (Å²) in [6, 6.07) is 5.75. The molecule has 6 heterocycles. The number of aryl methyl sites for hydroxylation is 1. The lowest BCUT2D eigenvalue weighted by Gasteiger charge is -2.24. The number of fused-ring (bicyclic) bond motifs is 1. The van der Waals surface area contributed by atoms with Crippen LogP contribution in [0.25, 0.3) is 34.0 Å². The highest BCUT2D eigenvalue weighted by Crippen LogP contribution is 2.39. The molecule has 0 spiro atoms. The first-order chi connectivity index (χ1) is 17.5. The zero-order valence-corrected chi connectivity index (χ0v) is 19.7. The zero-order chi connectivity index (χ0) is 24.8. The van der Waals surface area contributed by atoms with E-state index in [0.717, 1.165) is 5.69 Å². The van der Waals surface area contributed by atoms with Gasteiger partial charge in [0.05, 0.1) is 24.9 Å². The number of rotatable bonds is 5. The third-order valence-electron chi connectivity index (χ3n) is 6.34. The van der Waals surface area contributed by atoms with E-state index in [2.05, 4.69) is 15.0 Å². The largest absolute Gasteiger partial charge is 0.435 e. The maximum atomic E-state index is 12.4. The number of β-amino-alcohol motifs (C(OH)–C–C–N with tert-alkyl or cyclic N) is 1. The van der Waals surface area contributed by atoms with Crippen molar-refractivity contribution in [2.24, 2.45) is 5.73 Å². The monoisotopic (exact) mass is 491 g/mol. The second-order valence-corrected chi connectivity index (χ2v) is 8.91. The van der Waals surface area contributed by atoms with Crippen LogP contribution in [0.1, 0.15) is 22.6 Å². The van der Waals surface area contributed by atoms with Crippen molar-refractivity contribution in [1.82, 2.24) is 19.9 Å². The van der Waals surface area contributed by atoms with Crippen LogP contribution < -0.4 is 15.5 Å². The molecule has 0 saturated carbocycles. The predicted octanol–water partition coefficient (Wildman–Crippen LogP) is 1.75. The van der Waals surface area contributed by atoms with Crippen LogP contribution in [0.15, 0.2) is 33.2 Å². The number of anilines is 2. The molecule has 0 radical (unpaired) electrons. The number of amides is 1. The Hall–Kier alpha value is -4.03. The van der Waals surface area contributed by atoms with Gasteiger partial charge in [-0.15, -0.1) is 0 Å². The summed E-state index contributed by atoms with van der Waals surface area (Å²) < 4.78 is 17.6. The topological polar surface area (TPSA) is 157 Å². The Balaban J connectivity index is 1.51. The van der Waals surface area contributed by atoms with Crippen molar-refractivity contribution in [2.45, 2.75) is 19.4 Å². The van der Waals surface area contributed by atoms with E-state index in [1.54, 1.807) is 18.3 Å². The van der Waals surface area contributed by atoms with Gasteiger partial charge >= 0.3 is 0 Å². The van der Waals surface area contributed by atoms with E-state index in [0.29, 0.717) is 80.0 Å². The predicted molar refractivity (Wildman–Crippen MR) is 130 cm³/mol. The molecule has 0 aliphatic carbocycles. The summed E-state index contributed by atoms with van der Waals surface area (Å²) in [4.78, 5) is 34.4. The molecular weight excluding hydrogens is 466 g/mol. The third-order valence-corrected chi connectivity index (χ3v) is 6.34. The maximum Gasteiger partial charge on any atom is 0.300 e. The van der Waals surface area contributed by atoms with Gasteiger partial charge in [-0.05, 0) is 31.5 Å². The number of nitrogens with zero attached hydrogens (tertiary/aromatic N) is 6. The fraction of sp³-hybridized carbons (Fsp3) is 0.375. The molecule has 2 saturated heterocycles. The van der Waals surface area contributed by atoms with Crippen LogP contribution in [0.3, 0.4) is 0 Å². The number of morpholine rings is 1. The van der Waals surface area contributed by atoms with E-state index in [1.807, 2.05) is 22.8 Å². The molecule has 36 heavy (non-hydrogen) atoms. The molecule has 2 fully saturated rings. The van der Waals surface area contributed by atoms with Gasteiger partial charge in [-0.25, -0.2) is 9.97 Å². The Morgan fingerprint density at radius 3 is 2.67 bits per heavy atom. The molecule has 12 nitrogen and oxygen atoms in total. The van der Waals surface area contributed by atoms with E-state index in [9.17, 15) is 9.90 Å². The Kier molecular flexibility index (Phi) is 5.53. The highest BCUT2D eigenvalue weighted by Gasteiger charge is 2.30. The fourth-order valence-corrected chi connectivity index (χ4v) is 4.55. The molecule has 12 heteroatoms.